The van der Waals surface area contributed by atoms with E-state index in [1.165, 1.54) is 36.2 Å². The number of hydrogen-bond acceptors (Lipinski definition) is 3. The summed E-state index contributed by atoms with van der Waals surface area (Å²) in [6, 6.07) is 2.19. The predicted molar refractivity (Wildman–Crippen MR) is 81.7 cm³/mol. The molecule has 0 aromatic carbocycles. The molecule has 0 saturated heterocycles. The molecule has 19 heavy (non-hydrogen) atoms. The number of nitrogens with zero attached hydrogens (tertiary/aromatic N) is 2. The van der Waals surface area contributed by atoms with E-state index in [0.29, 0.717) is 0 Å². The molecule has 0 bridgehead atoms. The quantitative estimate of drug-likeness (QED) is 0.765. The Balaban J connectivity index is 2.16. The molecule has 0 aliphatic heterocycles. The van der Waals surface area contributed by atoms with E-state index < -0.39 is 0 Å². The Morgan fingerprint density at radius 3 is 2.74 bits per heavy atom. The van der Waals surface area contributed by atoms with E-state index in [1.54, 1.807) is 0 Å². The first kappa shape index (κ1) is 14.3. The maximum atomic E-state index is 4.78. The van der Waals surface area contributed by atoms with Gasteiger partial charge in [0.2, 0.25) is 0 Å². The van der Waals surface area contributed by atoms with Gasteiger partial charge in [-0.2, -0.15) is 0 Å². The molecule has 0 amide bonds. The number of nitrogens with one attached hydrogen (secondary N) is 1. The van der Waals surface area contributed by atoms with Gasteiger partial charge in [0, 0.05) is 31.4 Å². The summed E-state index contributed by atoms with van der Waals surface area (Å²) >= 11 is 0. The first-order valence-corrected chi connectivity index (χ1v) is 7.50. The number of aryl methyl sites for hydroxylation is 2. The summed E-state index contributed by atoms with van der Waals surface area (Å²) in [6.07, 6.45) is 3.95. The van der Waals surface area contributed by atoms with Gasteiger partial charge in [0.1, 0.15) is 5.82 Å². The second kappa shape index (κ2) is 6.38. The molecule has 0 atom stereocenters. The maximum Gasteiger partial charge on any atom is 0.133 e. The number of aromatic nitrogens is 1. The lowest BCUT2D eigenvalue weighted by molar-refractivity contribution is 0.666. The second-order valence-electron chi connectivity index (χ2n) is 5.88. The van der Waals surface area contributed by atoms with Gasteiger partial charge in [-0.1, -0.05) is 6.92 Å². The minimum Gasteiger partial charge on any atom is -0.359 e. The van der Waals surface area contributed by atoms with Crippen molar-refractivity contribution in [2.45, 2.75) is 46.6 Å². The molecular weight excluding hydrogens is 234 g/mol. The number of rotatable bonds is 7. The summed E-state index contributed by atoms with van der Waals surface area (Å²) in [5.41, 5.74) is 3.84. The van der Waals surface area contributed by atoms with Crippen LogP contribution in [0.15, 0.2) is 6.07 Å². The lowest BCUT2D eigenvalue weighted by atomic mass is 10.1. The van der Waals surface area contributed by atoms with E-state index in [1.807, 2.05) is 0 Å². The highest BCUT2D eigenvalue weighted by Crippen LogP contribution is 2.31. The molecule has 0 radical (unpaired) electrons. The fraction of sp³-hybridized carbons (Fsp3) is 0.688. The molecule has 1 heterocycles. The summed E-state index contributed by atoms with van der Waals surface area (Å²) in [7, 11) is 2.18. The van der Waals surface area contributed by atoms with Gasteiger partial charge in [0.25, 0.3) is 0 Å². The van der Waals surface area contributed by atoms with E-state index in [2.05, 4.69) is 44.1 Å². The third-order valence-electron chi connectivity index (χ3n) is 3.77. The van der Waals surface area contributed by atoms with Gasteiger partial charge < -0.3 is 10.2 Å². The van der Waals surface area contributed by atoms with Gasteiger partial charge in [-0.3, -0.25) is 0 Å². The fourth-order valence-electron chi connectivity index (χ4n) is 2.54. The zero-order valence-corrected chi connectivity index (χ0v) is 12.8. The Morgan fingerprint density at radius 2 is 2.11 bits per heavy atom. The van der Waals surface area contributed by atoms with Crippen molar-refractivity contribution in [2.75, 3.05) is 25.0 Å². The molecule has 1 fully saturated rings. The third kappa shape index (κ3) is 3.93. The molecule has 1 N–H and O–H groups in total. The van der Waals surface area contributed by atoms with Crippen LogP contribution in [0, 0.1) is 19.8 Å². The minimum atomic E-state index is 0.893. The van der Waals surface area contributed by atoms with Crippen molar-refractivity contribution in [1.29, 1.82) is 0 Å². The average Bonchev–Trinajstić information content (AvgIpc) is 3.15. The van der Waals surface area contributed by atoms with Crippen LogP contribution in [-0.2, 0) is 6.54 Å². The Labute approximate surface area is 117 Å². The average molecular weight is 261 g/mol. The highest BCUT2D eigenvalue weighted by Gasteiger charge is 2.24. The van der Waals surface area contributed by atoms with Crippen LogP contribution < -0.4 is 10.2 Å². The number of anilines is 1. The summed E-state index contributed by atoms with van der Waals surface area (Å²) < 4.78 is 0. The number of hydrogen-bond donors (Lipinski definition) is 1. The third-order valence-corrected chi connectivity index (χ3v) is 3.77. The Bertz CT molecular complexity index is 424. The van der Waals surface area contributed by atoms with Crippen molar-refractivity contribution in [3.63, 3.8) is 0 Å². The molecule has 1 aromatic rings. The first-order chi connectivity index (χ1) is 9.11. The van der Waals surface area contributed by atoms with Crippen molar-refractivity contribution in [3.05, 3.63) is 22.9 Å². The maximum absolute atomic E-state index is 4.78. The van der Waals surface area contributed by atoms with E-state index in [4.69, 9.17) is 4.98 Å². The molecule has 3 heteroatoms. The minimum absolute atomic E-state index is 0.893. The number of pyridine rings is 1. The normalized spacial score (nSPS) is 14.7. The van der Waals surface area contributed by atoms with Gasteiger partial charge in [-0.05, 0) is 57.2 Å². The SMILES string of the molecule is CCCNCc1c(C)cc(C)nc1N(C)CC1CC1. The van der Waals surface area contributed by atoms with Crippen LogP contribution in [0.3, 0.4) is 0 Å². The van der Waals surface area contributed by atoms with Gasteiger partial charge in [0.15, 0.2) is 0 Å². The van der Waals surface area contributed by atoms with Crippen molar-refractivity contribution in [3.8, 4) is 0 Å². The van der Waals surface area contributed by atoms with Crippen LogP contribution in [-0.4, -0.2) is 25.1 Å². The van der Waals surface area contributed by atoms with Crippen molar-refractivity contribution in [1.82, 2.24) is 10.3 Å². The van der Waals surface area contributed by atoms with E-state index in [0.717, 1.165) is 31.2 Å². The lowest BCUT2D eigenvalue weighted by Gasteiger charge is -2.23. The summed E-state index contributed by atoms with van der Waals surface area (Å²) in [5.74, 6) is 2.07. The monoisotopic (exact) mass is 261 g/mol. The molecule has 3 nitrogen and oxygen atoms in total. The van der Waals surface area contributed by atoms with Crippen LogP contribution in [0.1, 0.15) is 43.0 Å². The Kier molecular flexibility index (Phi) is 4.81. The smallest absolute Gasteiger partial charge is 0.133 e. The molecule has 106 valence electrons. The largest absolute Gasteiger partial charge is 0.359 e. The second-order valence-corrected chi connectivity index (χ2v) is 5.88. The summed E-state index contributed by atoms with van der Waals surface area (Å²) in [4.78, 5) is 7.13. The van der Waals surface area contributed by atoms with Gasteiger partial charge >= 0.3 is 0 Å². The summed E-state index contributed by atoms with van der Waals surface area (Å²) in [6.45, 7) is 9.64. The Morgan fingerprint density at radius 1 is 1.37 bits per heavy atom. The predicted octanol–water partition coefficient (Wildman–Crippen LogP) is 3.04. The lowest BCUT2D eigenvalue weighted by Crippen LogP contribution is -2.25. The van der Waals surface area contributed by atoms with Crippen LogP contribution in [0.25, 0.3) is 0 Å². The molecule has 0 spiro atoms. The molecule has 1 saturated carbocycles. The summed E-state index contributed by atoms with van der Waals surface area (Å²) in [5, 5.41) is 3.51. The molecular formula is C16H27N3. The molecule has 2 rings (SSSR count). The van der Waals surface area contributed by atoms with Crippen LogP contribution in [0.2, 0.25) is 0 Å². The van der Waals surface area contributed by atoms with Gasteiger partial charge in [0.05, 0.1) is 0 Å². The first-order valence-electron chi connectivity index (χ1n) is 7.50. The van der Waals surface area contributed by atoms with E-state index >= 15 is 0 Å². The van der Waals surface area contributed by atoms with Crippen molar-refractivity contribution >= 4 is 5.82 Å². The van der Waals surface area contributed by atoms with Crippen LogP contribution >= 0.6 is 0 Å². The highest BCUT2D eigenvalue weighted by molar-refractivity contribution is 5.51. The van der Waals surface area contributed by atoms with Crippen molar-refractivity contribution in [2.24, 2.45) is 5.92 Å². The van der Waals surface area contributed by atoms with E-state index in [-0.39, 0.29) is 0 Å². The van der Waals surface area contributed by atoms with Crippen LogP contribution in [0.5, 0.6) is 0 Å². The molecule has 1 aliphatic rings. The van der Waals surface area contributed by atoms with E-state index in [9.17, 15) is 0 Å². The van der Waals surface area contributed by atoms with Crippen molar-refractivity contribution < 1.29 is 0 Å². The topological polar surface area (TPSA) is 28.2 Å². The molecule has 1 aromatic heterocycles. The zero-order valence-electron chi connectivity index (χ0n) is 12.8. The zero-order chi connectivity index (χ0) is 13.8. The van der Waals surface area contributed by atoms with Gasteiger partial charge in [-0.15, -0.1) is 0 Å². The fourth-order valence-corrected chi connectivity index (χ4v) is 2.54. The van der Waals surface area contributed by atoms with Gasteiger partial charge in [-0.25, -0.2) is 4.98 Å². The Hall–Kier alpha value is -1.09. The van der Waals surface area contributed by atoms with Crippen LogP contribution in [0.4, 0.5) is 5.82 Å². The molecule has 1 aliphatic carbocycles. The molecule has 0 unspecified atom stereocenters. The standard InChI is InChI=1S/C16H27N3/c1-5-8-17-10-15-12(2)9-13(3)18-16(15)19(4)11-14-6-7-14/h9,14,17H,5-8,10-11H2,1-4H3. The highest BCUT2D eigenvalue weighted by atomic mass is 15.2.